The topological polar surface area (TPSA) is 93.1 Å². The van der Waals surface area contributed by atoms with Crippen molar-refractivity contribution in [2.45, 2.75) is 168 Å². The maximum Gasteiger partial charge on any atom is 0.306 e. The molecule has 0 bridgehead atoms. The second kappa shape index (κ2) is 34.9. The summed E-state index contributed by atoms with van der Waals surface area (Å²) in [7, 11) is 0. The lowest BCUT2D eigenvalue weighted by Crippen LogP contribution is -2.28. The molecular formula is C41H70O6. The van der Waals surface area contributed by atoms with E-state index in [2.05, 4.69) is 39.0 Å². The molecule has 2 N–H and O–H groups in total. The predicted molar refractivity (Wildman–Crippen MR) is 197 cm³/mol. The van der Waals surface area contributed by atoms with E-state index in [0.717, 1.165) is 50.9 Å². The second-order valence-electron chi connectivity index (χ2n) is 13.0. The highest BCUT2D eigenvalue weighted by Gasteiger charge is 2.16. The highest BCUT2D eigenvalue weighted by Crippen LogP contribution is 2.15. The summed E-state index contributed by atoms with van der Waals surface area (Å²) < 4.78 is 10.5. The van der Waals surface area contributed by atoms with Gasteiger partial charge >= 0.3 is 11.9 Å². The van der Waals surface area contributed by atoms with E-state index in [1.165, 1.54) is 64.2 Å². The number of ether oxygens (including phenoxy) is 2. The van der Waals surface area contributed by atoms with Crippen molar-refractivity contribution < 1.29 is 29.3 Å². The molecule has 0 saturated heterocycles. The van der Waals surface area contributed by atoms with Gasteiger partial charge in [-0.05, 0) is 50.9 Å². The zero-order valence-corrected chi connectivity index (χ0v) is 30.3. The summed E-state index contributed by atoms with van der Waals surface area (Å²) in [5.74, 6) is 0.130. The minimum Gasteiger partial charge on any atom is -0.462 e. The van der Waals surface area contributed by atoms with Gasteiger partial charge in [0, 0.05) is 12.8 Å². The highest BCUT2D eigenvalue weighted by molar-refractivity contribution is 5.70. The molecule has 2 atom stereocenters. The van der Waals surface area contributed by atoms with Gasteiger partial charge in [-0.15, -0.1) is 0 Å². The van der Waals surface area contributed by atoms with Gasteiger partial charge in [0.05, 0.1) is 12.7 Å². The van der Waals surface area contributed by atoms with Crippen molar-refractivity contribution in [3.8, 4) is 0 Å². The number of allylic oxidation sites excluding steroid dienone is 8. The zero-order valence-electron chi connectivity index (χ0n) is 30.3. The Hall–Kier alpha value is -2.44. The number of carbonyl (C=O) groups is 2. The van der Waals surface area contributed by atoms with Crippen LogP contribution in [-0.2, 0) is 19.1 Å². The smallest absolute Gasteiger partial charge is 0.306 e. The van der Waals surface area contributed by atoms with E-state index < -0.39 is 12.2 Å². The van der Waals surface area contributed by atoms with Crippen LogP contribution in [0, 0.1) is 5.92 Å². The van der Waals surface area contributed by atoms with Gasteiger partial charge in [0.1, 0.15) is 6.61 Å². The normalized spacial score (nSPS) is 13.7. The van der Waals surface area contributed by atoms with Crippen LogP contribution < -0.4 is 0 Å². The molecular weight excluding hydrogens is 588 g/mol. The van der Waals surface area contributed by atoms with Crippen LogP contribution in [0.5, 0.6) is 0 Å². The Morgan fingerprint density at radius 2 is 1.23 bits per heavy atom. The van der Waals surface area contributed by atoms with Crippen LogP contribution in [-0.4, -0.2) is 47.6 Å². The minimum atomic E-state index is -0.812. The Morgan fingerprint density at radius 1 is 0.660 bits per heavy atom. The van der Waals surface area contributed by atoms with Crippen molar-refractivity contribution in [1.29, 1.82) is 0 Å². The summed E-state index contributed by atoms with van der Waals surface area (Å²) in [5.41, 5.74) is 0. The first-order valence-electron chi connectivity index (χ1n) is 18.8. The Morgan fingerprint density at radius 3 is 1.87 bits per heavy atom. The Balaban J connectivity index is 3.75. The van der Waals surface area contributed by atoms with Gasteiger partial charge in [-0.3, -0.25) is 9.59 Å². The maximum absolute atomic E-state index is 12.1. The summed E-state index contributed by atoms with van der Waals surface area (Å²) >= 11 is 0. The van der Waals surface area contributed by atoms with E-state index in [1.807, 2.05) is 36.5 Å². The molecule has 1 unspecified atom stereocenters. The van der Waals surface area contributed by atoms with Crippen LogP contribution >= 0.6 is 0 Å². The van der Waals surface area contributed by atoms with Gasteiger partial charge in [-0.25, -0.2) is 0 Å². The first kappa shape index (κ1) is 44.6. The molecule has 0 heterocycles. The number of unbranched alkanes of at least 4 members (excludes halogenated alkanes) is 12. The number of rotatable bonds is 32. The summed E-state index contributed by atoms with van der Waals surface area (Å²) in [6.45, 7) is 6.23. The van der Waals surface area contributed by atoms with E-state index in [4.69, 9.17) is 9.47 Å². The largest absolute Gasteiger partial charge is 0.462 e. The SMILES string of the molecule is CC/C=C\C/C=C\CC(O)/C=C/C=C\C/C=C\CCCC(=O)OC[C@H](CO)OC(=O)CCCCCCCCCCCCCCC(C)C. The fourth-order valence-electron chi connectivity index (χ4n) is 4.97. The molecule has 6 heteroatoms. The fourth-order valence-corrected chi connectivity index (χ4v) is 4.97. The van der Waals surface area contributed by atoms with Gasteiger partial charge in [0.15, 0.2) is 6.10 Å². The molecule has 0 amide bonds. The van der Waals surface area contributed by atoms with Crippen molar-refractivity contribution in [2.24, 2.45) is 5.92 Å². The number of aliphatic hydroxyl groups is 2. The van der Waals surface area contributed by atoms with Gasteiger partial charge in [-0.1, -0.05) is 159 Å². The number of hydrogen-bond donors (Lipinski definition) is 2. The average Bonchev–Trinajstić information content (AvgIpc) is 3.05. The average molecular weight is 659 g/mol. The molecule has 0 aromatic carbocycles. The molecule has 0 radical (unpaired) electrons. The van der Waals surface area contributed by atoms with Crippen LogP contribution in [0.1, 0.15) is 156 Å². The molecule has 0 aliphatic rings. The molecule has 0 aromatic heterocycles. The third-order valence-corrected chi connectivity index (χ3v) is 7.83. The summed E-state index contributed by atoms with van der Waals surface area (Å²) in [5, 5.41) is 19.5. The third-order valence-electron chi connectivity index (χ3n) is 7.83. The van der Waals surface area contributed by atoms with Gasteiger partial charge in [-0.2, -0.15) is 0 Å². The monoisotopic (exact) mass is 659 g/mol. The van der Waals surface area contributed by atoms with E-state index >= 15 is 0 Å². The molecule has 0 rings (SSSR count). The number of esters is 2. The van der Waals surface area contributed by atoms with Crippen LogP contribution in [0.3, 0.4) is 0 Å². The first-order chi connectivity index (χ1) is 22.9. The van der Waals surface area contributed by atoms with Gasteiger partial charge < -0.3 is 19.7 Å². The zero-order chi connectivity index (χ0) is 34.6. The highest BCUT2D eigenvalue weighted by atomic mass is 16.6. The molecule has 270 valence electrons. The molecule has 6 nitrogen and oxygen atoms in total. The molecule has 0 aliphatic carbocycles. The number of aliphatic hydroxyl groups excluding tert-OH is 2. The van der Waals surface area contributed by atoms with E-state index in [9.17, 15) is 19.8 Å². The van der Waals surface area contributed by atoms with Crippen molar-refractivity contribution >= 4 is 11.9 Å². The maximum atomic E-state index is 12.1. The standard InChI is InChI=1S/C41H70O6/c1-4-5-6-7-21-26-31-38(43)32-27-22-17-14-15-18-23-28-33-40(44)46-36-39(35-42)47-41(45)34-29-24-19-13-11-9-8-10-12-16-20-25-30-37(2)3/h5-6,15,17-18,21-22,26-27,32,37-39,42-43H,4,7-14,16,19-20,23-25,28-31,33-36H2,1-3H3/b6-5-,18-15-,22-17-,26-21-,32-27+/t38?,39-/m0/s1. The van der Waals surface area contributed by atoms with Crippen LogP contribution in [0.2, 0.25) is 0 Å². The quantitative estimate of drug-likeness (QED) is 0.0323. The lowest BCUT2D eigenvalue weighted by Gasteiger charge is -2.15. The minimum absolute atomic E-state index is 0.117. The molecule has 47 heavy (non-hydrogen) atoms. The summed E-state index contributed by atoms with van der Waals surface area (Å²) in [6.07, 6.45) is 40.3. The lowest BCUT2D eigenvalue weighted by atomic mass is 10.0. The van der Waals surface area contributed by atoms with E-state index in [0.29, 0.717) is 19.3 Å². The van der Waals surface area contributed by atoms with Crippen LogP contribution in [0.25, 0.3) is 0 Å². The molecule has 0 fully saturated rings. The second-order valence-corrected chi connectivity index (χ2v) is 13.0. The van der Waals surface area contributed by atoms with Crippen LogP contribution in [0.4, 0.5) is 0 Å². The van der Waals surface area contributed by atoms with Gasteiger partial charge in [0.2, 0.25) is 0 Å². The summed E-state index contributed by atoms with van der Waals surface area (Å²) in [4.78, 5) is 24.2. The van der Waals surface area contributed by atoms with Crippen molar-refractivity contribution in [3.63, 3.8) is 0 Å². The third kappa shape index (κ3) is 34.7. The number of carbonyl (C=O) groups excluding carboxylic acids is 2. The van der Waals surface area contributed by atoms with Crippen molar-refractivity contribution in [2.75, 3.05) is 13.2 Å². The Bertz CT molecular complexity index is 869. The van der Waals surface area contributed by atoms with Gasteiger partial charge in [0.25, 0.3) is 0 Å². The van der Waals surface area contributed by atoms with E-state index in [1.54, 1.807) is 6.08 Å². The Labute approximate surface area is 288 Å². The Kier molecular flexibility index (Phi) is 33.1. The summed E-state index contributed by atoms with van der Waals surface area (Å²) in [6, 6.07) is 0. The molecule has 0 aromatic rings. The lowest BCUT2D eigenvalue weighted by molar-refractivity contribution is -0.161. The predicted octanol–water partition coefficient (Wildman–Crippen LogP) is 10.4. The van der Waals surface area contributed by atoms with Crippen molar-refractivity contribution in [3.05, 3.63) is 60.8 Å². The molecule has 0 saturated carbocycles. The molecule has 0 spiro atoms. The molecule has 0 aliphatic heterocycles. The van der Waals surface area contributed by atoms with Crippen LogP contribution in [0.15, 0.2) is 60.8 Å². The van der Waals surface area contributed by atoms with Crippen molar-refractivity contribution in [1.82, 2.24) is 0 Å². The fraction of sp³-hybridized carbons (Fsp3) is 0.707. The van der Waals surface area contributed by atoms with E-state index in [-0.39, 0.29) is 31.6 Å². The number of hydrogen-bond acceptors (Lipinski definition) is 6. The first-order valence-corrected chi connectivity index (χ1v) is 18.8.